The van der Waals surface area contributed by atoms with E-state index in [1.54, 1.807) is 0 Å². The minimum Gasteiger partial charge on any atom is -0.357 e. The van der Waals surface area contributed by atoms with Crippen LogP contribution in [0.5, 0.6) is 0 Å². The molecule has 0 heterocycles. The van der Waals surface area contributed by atoms with E-state index in [-0.39, 0.29) is 24.0 Å². The van der Waals surface area contributed by atoms with E-state index in [9.17, 15) is 4.21 Å². The third kappa shape index (κ3) is 10.2. The summed E-state index contributed by atoms with van der Waals surface area (Å²) in [5.74, 6) is 1.97. The van der Waals surface area contributed by atoms with Crippen molar-refractivity contribution in [3.8, 4) is 0 Å². The van der Waals surface area contributed by atoms with Gasteiger partial charge in [-0.05, 0) is 37.8 Å². The molecule has 0 aromatic heterocycles. The molecule has 0 saturated heterocycles. The molecular weight excluding hydrogens is 481 g/mol. The fourth-order valence-corrected chi connectivity index (χ4v) is 3.75. The third-order valence-corrected chi connectivity index (χ3v) is 5.49. The Balaban J connectivity index is 0.00000392. The lowest BCUT2D eigenvalue weighted by Crippen LogP contribution is -2.42. The van der Waals surface area contributed by atoms with Gasteiger partial charge in [-0.25, -0.2) is 0 Å². The Bertz CT molecular complexity index is 710. The van der Waals surface area contributed by atoms with Crippen molar-refractivity contribution in [2.75, 3.05) is 18.8 Å². The molecule has 0 fully saturated rings. The van der Waals surface area contributed by atoms with Crippen LogP contribution in [0.2, 0.25) is 0 Å². The summed E-state index contributed by atoms with van der Waals surface area (Å²) >= 11 is 0. The second-order valence-corrected chi connectivity index (χ2v) is 8.18. The topological polar surface area (TPSA) is 53.5 Å². The first kappa shape index (κ1) is 24.6. The number of hydrogen-bond acceptors (Lipinski definition) is 2. The van der Waals surface area contributed by atoms with Crippen LogP contribution in [-0.4, -0.2) is 35.1 Å². The van der Waals surface area contributed by atoms with Crippen LogP contribution in [0.4, 0.5) is 0 Å². The molecule has 154 valence electrons. The van der Waals surface area contributed by atoms with E-state index in [0.29, 0.717) is 24.1 Å². The van der Waals surface area contributed by atoms with Gasteiger partial charge in [-0.2, -0.15) is 0 Å². The standard InChI is InChI=1S/C22H31N3OS.HI/c1-3-23-22(25-19(2)14-15-20-10-6-4-7-11-20)24-16-17-27(26)18-21-12-8-5-9-13-21;/h4-13,19H,3,14-18H2,1-2H3,(H2,23,24,25);1H. The lowest BCUT2D eigenvalue weighted by atomic mass is 10.1. The highest BCUT2D eigenvalue weighted by Gasteiger charge is 2.06. The van der Waals surface area contributed by atoms with Crippen molar-refractivity contribution in [2.24, 2.45) is 4.99 Å². The first-order valence-electron chi connectivity index (χ1n) is 9.65. The number of aliphatic imine (C=N–C) groups is 1. The first-order valence-corrected chi connectivity index (χ1v) is 11.1. The molecule has 4 nitrogen and oxygen atoms in total. The zero-order valence-electron chi connectivity index (χ0n) is 16.8. The van der Waals surface area contributed by atoms with Crippen LogP contribution in [-0.2, 0) is 23.0 Å². The summed E-state index contributed by atoms with van der Waals surface area (Å²) in [7, 11) is -0.895. The third-order valence-electron chi connectivity index (χ3n) is 4.20. The van der Waals surface area contributed by atoms with E-state index in [2.05, 4.69) is 53.7 Å². The zero-order chi connectivity index (χ0) is 19.3. The maximum atomic E-state index is 12.2. The van der Waals surface area contributed by atoms with E-state index in [1.165, 1.54) is 5.56 Å². The van der Waals surface area contributed by atoms with E-state index >= 15 is 0 Å². The molecular formula is C22H32IN3OS. The maximum absolute atomic E-state index is 12.2. The van der Waals surface area contributed by atoms with Crippen LogP contribution < -0.4 is 10.6 Å². The van der Waals surface area contributed by atoms with Gasteiger partial charge in [0.1, 0.15) is 0 Å². The van der Waals surface area contributed by atoms with Crippen LogP contribution in [0.15, 0.2) is 65.7 Å². The van der Waals surface area contributed by atoms with Gasteiger partial charge in [0, 0.05) is 34.9 Å². The van der Waals surface area contributed by atoms with Crippen LogP contribution in [0, 0.1) is 0 Å². The summed E-state index contributed by atoms with van der Waals surface area (Å²) in [6, 6.07) is 20.8. The predicted octanol–water partition coefficient (Wildman–Crippen LogP) is 4.13. The Labute approximate surface area is 189 Å². The van der Waals surface area contributed by atoms with Gasteiger partial charge < -0.3 is 10.6 Å². The van der Waals surface area contributed by atoms with Crippen LogP contribution in [0.25, 0.3) is 0 Å². The molecule has 0 aliphatic carbocycles. The molecule has 0 spiro atoms. The van der Waals surface area contributed by atoms with E-state index in [0.717, 1.165) is 30.9 Å². The summed E-state index contributed by atoms with van der Waals surface area (Å²) in [4.78, 5) is 4.59. The summed E-state index contributed by atoms with van der Waals surface area (Å²) in [6.07, 6.45) is 2.07. The molecule has 0 bridgehead atoms. The number of halogens is 1. The fraction of sp³-hybridized carbons (Fsp3) is 0.409. The number of guanidine groups is 1. The van der Waals surface area contributed by atoms with Gasteiger partial charge >= 0.3 is 0 Å². The van der Waals surface area contributed by atoms with Crippen molar-refractivity contribution in [1.29, 1.82) is 0 Å². The molecule has 2 unspecified atom stereocenters. The van der Waals surface area contributed by atoms with Crippen molar-refractivity contribution in [1.82, 2.24) is 10.6 Å². The number of hydrogen-bond donors (Lipinski definition) is 2. The van der Waals surface area contributed by atoms with E-state index in [4.69, 9.17) is 0 Å². The van der Waals surface area contributed by atoms with E-state index in [1.807, 2.05) is 36.4 Å². The quantitative estimate of drug-likeness (QED) is 0.286. The smallest absolute Gasteiger partial charge is 0.191 e. The summed E-state index contributed by atoms with van der Waals surface area (Å²) < 4.78 is 12.2. The molecule has 0 amide bonds. The maximum Gasteiger partial charge on any atom is 0.191 e. The molecule has 2 N–H and O–H groups in total. The zero-order valence-corrected chi connectivity index (χ0v) is 19.9. The lowest BCUT2D eigenvalue weighted by Gasteiger charge is -2.18. The van der Waals surface area contributed by atoms with E-state index < -0.39 is 10.8 Å². The number of nitrogens with one attached hydrogen (secondary N) is 2. The molecule has 28 heavy (non-hydrogen) atoms. The molecule has 6 heteroatoms. The van der Waals surface area contributed by atoms with Crippen molar-refractivity contribution >= 4 is 40.7 Å². The van der Waals surface area contributed by atoms with Crippen LogP contribution >= 0.6 is 24.0 Å². The fourth-order valence-electron chi connectivity index (χ4n) is 2.74. The van der Waals surface area contributed by atoms with Gasteiger partial charge in [0.25, 0.3) is 0 Å². The van der Waals surface area contributed by atoms with Crippen LogP contribution in [0.1, 0.15) is 31.4 Å². The Morgan fingerprint density at radius 2 is 1.64 bits per heavy atom. The molecule has 2 atom stereocenters. The summed E-state index contributed by atoms with van der Waals surface area (Å²) in [5.41, 5.74) is 2.46. The van der Waals surface area contributed by atoms with Crippen LogP contribution in [0.3, 0.4) is 0 Å². The first-order chi connectivity index (χ1) is 13.2. The number of nitrogens with zero attached hydrogens (tertiary/aromatic N) is 1. The minimum atomic E-state index is -0.895. The Hall–Kier alpha value is -1.41. The Kier molecular flexibility index (Phi) is 12.8. The largest absolute Gasteiger partial charge is 0.357 e. The molecule has 0 aliphatic heterocycles. The average Bonchev–Trinajstić information content (AvgIpc) is 2.68. The highest BCUT2D eigenvalue weighted by molar-refractivity contribution is 14.0. The molecule has 0 saturated carbocycles. The normalized spacial score (nSPS) is 13.3. The number of aryl methyl sites for hydroxylation is 1. The average molecular weight is 513 g/mol. The Morgan fingerprint density at radius 1 is 1.04 bits per heavy atom. The van der Waals surface area contributed by atoms with Gasteiger partial charge in [-0.3, -0.25) is 9.20 Å². The summed E-state index contributed by atoms with van der Waals surface area (Å²) in [6.45, 7) is 5.59. The second-order valence-electron chi connectivity index (χ2n) is 6.60. The van der Waals surface area contributed by atoms with Gasteiger partial charge in [-0.1, -0.05) is 60.7 Å². The second kappa shape index (κ2) is 14.6. The minimum absolute atomic E-state index is 0. The number of rotatable bonds is 10. The molecule has 0 radical (unpaired) electrons. The van der Waals surface area contributed by atoms with Crippen molar-refractivity contribution in [3.63, 3.8) is 0 Å². The molecule has 2 aromatic carbocycles. The summed E-state index contributed by atoms with van der Waals surface area (Å²) in [5, 5.41) is 6.73. The molecule has 0 aliphatic rings. The van der Waals surface area contributed by atoms with Gasteiger partial charge in [0.2, 0.25) is 0 Å². The highest BCUT2D eigenvalue weighted by Crippen LogP contribution is 2.05. The lowest BCUT2D eigenvalue weighted by molar-refractivity contribution is 0.594. The number of benzene rings is 2. The van der Waals surface area contributed by atoms with Crippen molar-refractivity contribution in [3.05, 3.63) is 71.8 Å². The monoisotopic (exact) mass is 513 g/mol. The van der Waals surface area contributed by atoms with Crippen molar-refractivity contribution in [2.45, 2.75) is 38.5 Å². The Morgan fingerprint density at radius 3 is 2.25 bits per heavy atom. The van der Waals surface area contributed by atoms with Gasteiger partial charge in [0.05, 0.1) is 6.54 Å². The molecule has 2 aromatic rings. The molecule has 2 rings (SSSR count). The van der Waals surface area contributed by atoms with Gasteiger partial charge in [0.15, 0.2) is 5.96 Å². The van der Waals surface area contributed by atoms with Crippen molar-refractivity contribution < 1.29 is 4.21 Å². The highest BCUT2D eigenvalue weighted by atomic mass is 127. The SMILES string of the molecule is CCNC(=NCCS(=O)Cc1ccccc1)NC(C)CCc1ccccc1.I. The predicted molar refractivity (Wildman–Crippen MR) is 132 cm³/mol. The van der Waals surface area contributed by atoms with Gasteiger partial charge in [-0.15, -0.1) is 24.0 Å².